The lowest BCUT2D eigenvalue weighted by atomic mass is 9.98. The van der Waals surface area contributed by atoms with Crippen LogP contribution in [-0.4, -0.2) is 53.2 Å². The number of ether oxygens (including phenoxy) is 3. The van der Waals surface area contributed by atoms with Crippen molar-refractivity contribution in [2.45, 2.75) is 50.9 Å². The van der Waals surface area contributed by atoms with E-state index < -0.39 is 18.2 Å². The summed E-state index contributed by atoms with van der Waals surface area (Å²) in [6.45, 7) is 1.61. The highest BCUT2D eigenvalue weighted by atomic mass is 16.5. The van der Waals surface area contributed by atoms with E-state index in [4.69, 9.17) is 14.2 Å². The summed E-state index contributed by atoms with van der Waals surface area (Å²) in [6.07, 6.45) is -0.523. The summed E-state index contributed by atoms with van der Waals surface area (Å²) in [5.74, 6) is -0.176. The maximum Gasteiger partial charge on any atom is 0.242 e. The summed E-state index contributed by atoms with van der Waals surface area (Å²) in [7, 11) is 0. The number of hydrogen-bond donors (Lipinski definition) is 0. The van der Waals surface area contributed by atoms with Crippen LogP contribution in [0.15, 0.2) is 91.0 Å². The molecule has 0 spiro atoms. The van der Waals surface area contributed by atoms with Crippen LogP contribution in [0.4, 0.5) is 0 Å². The van der Waals surface area contributed by atoms with Gasteiger partial charge in [0, 0.05) is 12.8 Å². The third-order valence-corrected chi connectivity index (χ3v) is 6.76. The quantitative estimate of drug-likeness (QED) is 0.419. The lowest BCUT2D eigenvalue weighted by Crippen LogP contribution is -2.70. The summed E-state index contributed by atoms with van der Waals surface area (Å²) in [6, 6.07) is 29.2. The number of fused-ring (bicyclic) bond motifs is 1. The first-order valence-corrected chi connectivity index (χ1v) is 12.7. The van der Waals surface area contributed by atoms with Crippen molar-refractivity contribution < 1.29 is 23.8 Å². The molecule has 2 heterocycles. The molecule has 3 aromatic carbocycles. The zero-order chi connectivity index (χ0) is 25.5. The molecule has 2 aliphatic heterocycles. The van der Waals surface area contributed by atoms with E-state index in [0.29, 0.717) is 19.8 Å². The molecule has 7 heteroatoms. The first-order chi connectivity index (χ1) is 18.2. The highest BCUT2D eigenvalue weighted by Crippen LogP contribution is 2.30. The minimum Gasteiger partial charge on any atom is -0.374 e. The molecule has 0 saturated carbocycles. The van der Waals surface area contributed by atoms with Gasteiger partial charge in [-0.25, -0.2) is 10.0 Å². The van der Waals surface area contributed by atoms with E-state index in [-0.39, 0.29) is 37.8 Å². The molecule has 7 nitrogen and oxygen atoms in total. The molecule has 0 aliphatic carbocycles. The van der Waals surface area contributed by atoms with E-state index in [1.54, 1.807) is 10.0 Å². The maximum absolute atomic E-state index is 13.1. The lowest BCUT2D eigenvalue weighted by molar-refractivity contribution is -0.230. The molecule has 5 rings (SSSR count). The van der Waals surface area contributed by atoms with Gasteiger partial charge in [0.25, 0.3) is 0 Å². The number of carbonyl (C=O) groups is 2. The Labute approximate surface area is 217 Å². The predicted molar refractivity (Wildman–Crippen MR) is 138 cm³/mol. The average molecular weight is 501 g/mol. The third-order valence-electron chi connectivity index (χ3n) is 6.76. The highest BCUT2D eigenvalue weighted by molar-refractivity contribution is 5.89. The molecule has 0 bridgehead atoms. The van der Waals surface area contributed by atoms with Crippen molar-refractivity contribution >= 4 is 11.8 Å². The first kappa shape index (κ1) is 25.1. The molecule has 192 valence electrons. The largest absolute Gasteiger partial charge is 0.374 e. The van der Waals surface area contributed by atoms with Crippen LogP contribution in [0.2, 0.25) is 0 Å². The van der Waals surface area contributed by atoms with Crippen molar-refractivity contribution in [1.82, 2.24) is 10.0 Å². The number of rotatable bonds is 10. The average Bonchev–Trinajstić information content (AvgIpc) is 2.94. The SMILES string of the molecule is O=C1CCC(=O)N2[C@H](COCc3ccccc3)[C@@H](OCc3ccccc3)[C@H](OCc3ccccc3)CN12. The number of hydrogen-bond acceptors (Lipinski definition) is 5. The van der Waals surface area contributed by atoms with E-state index in [1.165, 1.54) is 0 Å². The van der Waals surface area contributed by atoms with Crippen LogP contribution >= 0.6 is 0 Å². The van der Waals surface area contributed by atoms with E-state index in [2.05, 4.69) is 0 Å². The summed E-state index contributed by atoms with van der Waals surface area (Å²) < 4.78 is 19.0. The number of nitrogens with zero attached hydrogens (tertiary/aromatic N) is 2. The van der Waals surface area contributed by atoms with Crippen LogP contribution in [-0.2, 0) is 43.6 Å². The van der Waals surface area contributed by atoms with Gasteiger partial charge in [-0.15, -0.1) is 0 Å². The maximum atomic E-state index is 13.1. The third kappa shape index (κ3) is 6.25. The summed E-state index contributed by atoms with van der Waals surface area (Å²) >= 11 is 0. The number of amides is 2. The normalized spacial score (nSPS) is 21.7. The van der Waals surface area contributed by atoms with Crippen molar-refractivity contribution in [3.63, 3.8) is 0 Å². The van der Waals surface area contributed by atoms with Crippen LogP contribution < -0.4 is 0 Å². The molecule has 0 aromatic heterocycles. The van der Waals surface area contributed by atoms with Crippen LogP contribution in [0.3, 0.4) is 0 Å². The van der Waals surface area contributed by atoms with Gasteiger partial charge < -0.3 is 14.2 Å². The fourth-order valence-electron chi connectivity index (χ4n) is 4.87. The fraction of sp³-hybridized carbons (Fsp3) is 0.333. The van der Waals surface area contributed by atoms with E-state index in [9.17, 15) is 9.59 Å². The number of benzene rings is 3. The Balaban J connectivity index is 1.39. The molecular weight excluding hydrogens is 468 g/mol. The molecule has 0 N–H and O–H groups in total. The van der Waals surface area contributed by atoms with Crippen LogP contribution in [0, 0.1) is 0 Å². The molecule has 3 aromatic rings. The second-order valence-electron chi connectivity index (χ2n) is 9.38. The smallest absolute Gasteiger partial charge is 0.242 e. The Morgan fingerprint density at radius 1 is 0.649 bits per heavy atom. The molecule has 2 amide bonds. The molecule has 0 radical (unpaired) electrons. The van der Waals surface area contributed by atoms with Gasteiger partial charge in [0.05, 0.1) is 33.0 Å². The molecule has 0 unspecified atom stereocenters. The summed E-state index contributed by atoms with van der Waals surface area (Å²) in [5, 5.41) is 3.11. The van der Waals surface area contributed by atoms with Gasteiger partial charge in [-0.3, -0.25) is 9.59 Å². The van der Waals surface area contributed by atoms with Crippen LogP contribution in [0.1, 0.15) is 29.5 Å². The minimum atomic E-state index is -0.501. The molecule has 37 heavy (non-hydrogen) atoms. The summed E-state index contributed by atoms with van der Waals surface area (Å²) in [4.78, 5) is 26.0. The van der Waals surface area contributed by atoms with Crippen molar-refractivity contribution in [2.75, 3.05) is 13.2 Å². The zero-order valence-electron chi connectivity index (χ0n) is 20.8. The van der Waals surface area contributed by atoms with E-state index in [0.717, 1.165) is 16.7 Å². The van der Waals surface area contributed by atoms with Crippen molar-refractivity contribution in [2.24, 2.45) is 0 Å². The van der Waals surface area contributed by atoms with Crippen LogP contribution in [0.5, 0.6) is 0 Å². The Kier molecular flexibility index (Phi) is 8.25. The monoisotopic (exact) mass is 500 g/mol. The topological polar surface area (TPSA) is 68.3 Å². The molecular formula is C30H32N2O5. The van der Waals surface area contributed by atoms with Crippen molar-refractivity contribution in [3.05, 3.63) is 108 Å². The van der Waals surface area contributed by atoms with Gasteiger partial charge in [-0.05, 0) is 16.7 Å². The molecule has 2 saturated heterocycles. The van der Waals surface area contributed by atoms with Gasteiger partial charge in [-0.1, -0.05) is 91.0 Å². The van der Waals surface area contributed by atoms with Crippen LogP contribution in [0.25, 0.3) is 0 Å². The second kappa shape index (κ2) is 12.1. The zero-order valence-corrected chi connectivity index (χ0v) is 20.8. The lowest BCUT2D eigenvalue weighted by Gasteiger charge is -2.52. The van der Waals surface area contributed by atoms with Crippen molar-refractivity contribution in [3.8, 4) is 0 Å². The Morgan fingerprint density at radius 3 is 1.76 bits per heavy atom. The summed E-state index contributed by atoms with van der Waals surface area (Å²) in [5.41, 5.74) is 3.09. The van der Waals surface area contributed by atoms with E-state index >= 15 is 0 Å². The highest BCUT2D eigenvalue weighted by Gasteiger charge is 2.49. The number of hydrazine groups is 1. The standard InChI is InChI=1S/C30H32N2O5/c33-28-16-17-29(34)32-26(22-35-19-23-10-4-1-5-11-23)30(37-21-25-14-8-3-9-15-25)27(18-31(28)32)36-20-24-12-6-2-7-13-24/h1-15,26-27,30H,16-22H2/t26-,27-,30-/m1/s1. The van der Waals surface area contributed by atoms with Gasteiger partial charge in [-0.2, -0.15) is 0 Å². The van der Waals surface area contributed by atoms with Gasteiger partial charge in [0.1, 0.15) is 18.2 Å². The molecule has 2 aliphatic rings. The molecule has 3 atom stereocenters. The second-order valence-corrected chi connectivity index (χ2v) is 9.38. The number of carbonyl (C=O) groups excluding carboxylic acids is 2. The molecule has 2 fully saturated rings. The Bertz CT molecular complexity index is 1160. The van der Waals surface area contributed by atoms with Crippen molar-refractivity contribution in [1.29, 1.82) is 0 Å². The Morgan fingerprint density at radius 2 is 1.16 bits per heavy atom. The van der Waals surface area contributed by atoms with Gasteiger partial charge in [0.2, 0.25) is 11.8 Å². The van der Waals surface area contributed by atoms with Gasteiger partial charge >= 0.3 is 0 Å². The Hall–Kier alpha value is -3.52. The van der Waals surface area contributed by atoms with E-state index in [1.807, 2.05) is 91.0 Å². The fourth-order valence-corrected chi connectivity index (χ4v) is 4.87. The first-order valence-electron chi connectivity index (χ1n) is 12.7. The predicted octanol–water partition coefficient (Wildman–Crippen LogP) is 4.12. The minimum absolute atomic E-state index is 0.0810. The van der Waals surface area contributed by atoms with Gasteiger partial charge in [0.15, 0.2) is 0 Å².